The first-order chi connectivity index (χ1) is 6.43. The van der Waals surface area contributed by atoms with Gasteiger partial charge in [0.1, 0.15) is 5.75 Å². The van der Waals surface area contributed by atoms with Gasteiger partial charge in [-0.05, 0) is 0 Å². The van der Waals surface area contributed by atoms with Crippen molar-refractivity contribution in [2.24, 2.45) is 0 Å². The van der Waals surface area contributed by atoms with Crippen molar-refractivity contribution in [2.75, 3.05) is 7.05 Å². The molecule has 0 aromatic heterocycles. The Morgan fingerprint density at radius 1 is 1.50 bits per heavy atom. The number of rotatable bonds is 2. The fraction of sp³-hybridized carbons (Fsp3) is 0.250. The molecular formula is C8H9ClFNO3. The van der Waals surface area contributed by atoms with E-state index in [9.17, 15) is 9.50 Å². The highest BCUT2D eigenvalue weighted by Gasteiger charge is 2.17. The average molecular weight is 222 g/mol. The molecule has 0 saturated heterocycles. The fourth-order valence-electron chi connectivity index (χ4n) is 1.03. The van der Waals surface area contributed by atoms with Crippen LogP contribution < -0.4 is 0 Å². The molecule has 4 nitrogen and oxygen atoms in total. The van der Waals surface area contributed by atoms with E-state index in [-0.39, 0.29) is 17.1 Å². The van der Waals surface area contributed by atoms with Crippen LogP contribution in [0.25, 0.3) is 0 Å². The van der Waals surface area contributed by atoms with Crippen LogP contribution in [0.5, 0.6) is 11.5 Å². The Labute approximate surface area is 84.7 Å². The summed E-state index contributed by atoms with van der Waals surface area (Å²) in [4.78, 5) is 0. The maximum atomic E-state index is 13.2. The van der Waals surface area contributed by atoms with Crippen LogP contribution in [0.15, 0.2) is 6.07 Å². The van der Waals surface area contributed by atoms with Gasteiger partial charge in [-0.3, -0.25) is 0 Å². The van der Waals surface area contributed by atoms with E-state index in [4.69, 9.17) is 21.9 Å². The molecule has 0 spiro atoms. The molecule has 0 bridgehead atoms. The van der Waals surface area contributed by atoms with Crippen LogP contribution >= 0.6 is 11.6 Å². The summed E-state index contributed by atoms with van der Waals surface area (Å²) < 4.78 is 13.2. The Morgan fingerprint density at radius 2 is 2.07 bits per heavy atom. The molecule has 0 saturated carbocycles. The Morgan fingerprint density at radius 3 is 2.57 bits per heavy atom. The number of hydroxylamine groups is 2. The van der Waals surface area contributed by atoms with E-state index in [1.807, 2.05) is 0 Å². The van der Waals surface area contributed by atoms with E-state index in [0.717, 1.165) is 6.07 Å². The summed E-state index contributed by atoms with van der Waals surface area (Å²) in [7, 11) is 1.27. The van der Waals surface area contributed by atoms with Gasteiger partial charge in [0.05, 0.1) is 17.1 Å². The molecule has 3 N–H and O–H groups in total. The molecular weight excluding hydrogens is 213 g/mol. The van der Waals surface area contributed by atoms with Crippen molar-refractivity contribution in [1.29, 1.82) is 0 Å². The molecule has 0 aliphatic rings. The first kappa shape index (κ1) is 11.0. The zero-order valence-corrected chi connectivity index (χ0v) is 8.09. The van der Waals surface area contributed by atoms with E-state index in [1.165, 1.54) is 7.05 Å². The SMILES string of the molecule is CN(O)Cc1c(O)c(Cl)cc(O)c1F. The van der Waals surface area contributed by atoms with Gasteiger partial charge in [0.25, 0.3) is 0 Å². The minimum Gasteiger partial charge on any atom is -0.506 e. The molecule has 1 aromatic rings. The lowest BCUT2D eigenvalue weighted by Gasteiger charge is -2.12. The molecule has 1 rings (SSSR count). The predicted molar refractivity (Wildman–Crippen MR) is 48.0 cm³/mol. The van der Waals surface area contributed by atoms with Crippen molar-refractivity contribution in [3.63, 3.8) is 0 Å². The van der Waals surface area contributed by atoms with Crippen molar-refractivity contribution in [3.05, 3.63) is 22.5 Å². The van der Waals surface area contributed by atoms with E-state index in [1.54, 1.807) is 0 Å². The number of nitrogens with zero attached hydrogens (tertiary/aromatic N) is 1. The van der Waals surface area contributed by atoms with Crippen LogP contribution in [-0.4, -0.2) is 27.5 Å². The summed E-state index contributed by atoms with van der Waals surface area (Å²) in [5.74, 6) is -2.14. The van der Waals surface area contributed by atoms with Crippen molar-refractivity contribution in [3.8, 4) is 11.5 Å². The van der Waals surface area contributed by atoms with Crippen LogP contribution in [0.2, 0.25) is 5.02 Å². The van der Waals surface area contributed by atoms with E-state index in [2.05, 4.69) is 0 Å². The second-order valence-electron chi connectivity index (χ2n) is 2.83. The lowest BCUT2D eigenvalue weighted by molar-refractivity contribution is -0.0743. The number of hydrogen-bond acceptors (Lipinski definition) is 4. The molecule has 0 radical (unpaired) electrons. The van der Waals surface area contributed by atoms with Crippen molar-refractivity contribution in [1.82, 2.24) is 5.06 Å². The number of phenols is 2. The average Bonchev–Trinajstić information content (AvgIpc) is 2.09. The van der Waals surface area contributed by atoms with E-state index < -0.39 is 17.3 Å². The first-order valence-corrected chi connectivity index (χ1v) is 4.10. The molecule has 0 amide bonds. The van der Waals surface area contributed by atoms with E-state index >= 15 is 0 Å². The molecule has 0 atom stereocenters. The second kappa shape index (κ2) is 4.00. The topological polar surface area (TPSA) is 63.9 Å². The molecule has 1 aromatic carbocycles. The maximum absolute atomic E-state index is 13.2. The third-order valence-corrected chi connectivity index (χ3v) is 1.94. The third kappa shape index (κ3) is 2.06. The van der Waals surface area contributed by atoms with Crippen molar-refractivity contribution >= 4 is 11.6 Å². The zero-order valence-electron chi connectivity index (χ0n) is 7.33. The lowest BCUT2D eigenvalue weighted by Crippen LogP contribution is -2.13. The Balaban J connectivity index is 3.25. The quantitative estimate of drug-likeness (QED) is 0.526. The van der Waals surface area contributed by atoms with Gasteiger partial charge in [0.15, 0.2) is 11.6 Å². The fourth-order valence-corrected chi connectivity index (χ4v) is 1.24. The number of phenolic OH excluding ortho intramolecular Hbond substituents is 2. The first-order valence-electron chi connectivity index (χ1n) is 3.72. The van der Waals surface area contributed by atoms with Gasteiger partial charge >= 0.3 is 0 Å². The molecule has 0 unspecified atom stereocenters. The number of halogens is 2. The summed E-state index contributed by atoms with van der Waals surface area (Å²) in [5.41, 5.74) is -0.250. The minimum atomic E-state index is -0.993. The molecule has 14 heavy (non-hydrogen) atoms. The molecule has 0 aliphatic heterocycles. The highest BCUT2D eigenvalue weighted by atomic mass is 35.5. The Bertz CT molecular complexity index is 331. The summed E-state index contributed by atoms with van der Waals surface area (Å²) in [6.07, 6.45) is 0. The van der Waals surface area contributed by atoms with Gasteiger partial charge in [-0.1, -0.05) is 11.6 Å². The summed E-state index contributed by atoms with van der Waals surface area (Å²) in [6.45, 7) is -0.272. The zero-order chi connectivity index (χ0) is 10.9. The summed E-state index contributed by atoms with van der Waals surface area (Å²) >= 11 is 5.50. The Hall–Kier alpha value is -1.04. The van der Waals surface area contributed by atoms with Crippen molar-refractivity contribution in [2.45, 2.75) is 6.54 Å². The molecule has 0 heterocycles. The van der Waals surface area contributed by atoms with Gasteiger partial charge in [-0.15, -0.1) is 0 Å². The van der Waals surface area contributed by atoms with Gasteiger partial charge in [-0.2, -0.15) is 5.06 Å². The lowest BCUT2D eigenvalue weighted by atomic mass is 10.1. The van der Waals surface area contributed by atoms with Gasteiger partial charge < -0.3 is 15.4 Å². The largest absolute Gasteiger partial charge is 0.506 e. The highest BCUT2D eigenvalue weighted by molar-refractivity contribution is 6.32. The highest BCUT2D eigenvalue weighted by Crippen LogP contribution is 2.35. The predicted octanol–water partition coefficient (Wildman–Crippen LogP) is 1.71. The van der Waals surface area contributed by atoms with Gasteiger partial charge in [0, 0.05) is 13.1 Å². The summed E-state index contributed by atoms with van der Waals surface area (Å²) in [6, 6.07) is 0.896. The van der Waals surface area contributed by atoms with Crippen molar-refractivity contribution < 1.29 is 19.8 Å². The third-order valence-electron chi connectivity index (χ3n) is 1.65. The van der Waals surface area contributed by atoms with Crippen LogP contribution in [0.4, 0.5) is 4.39 Å². The molecule has 0 aliphatic carbocycles. The van der Waals surface area contributed by atoms with Crippen LogP contribution in [-0.2, 0) is 6.54 Å². The molecule has 6 heteroatoms. The number of aromatic hydroxyl groups is 2. The second-order valence-corrected chi connectivity index (χ2v) is 3.24. The standard InChI is InChI=1S/C8H9ClFNO3/c1-11(14)3-4-7(10)6(12)2-5(9)8(4)13/h2,12-14H,3H2,1H3. The number of hydrogen-bond donors (Lipinski definition) is 3. The smallest absolute Gasteiger partial charge is 0.173 e. The monoisotopic (exact) mass is 221 g/mol. The van der Waals surface area contributed by atoms with Crippen LogP contribution in [0, 0.1) is 5.82 Å². The normalized spacial score (nSPS) is 10.9. The molecule has 78 valence electrons. The van der Waals surface area contributed by atoms with Gasteiger partial charge in [-0.25, -0.2) is 4.39 Å². The van der Waals surface area contributed by atoms with E-state index in [0.29, 0.717) is 5.06 Å². The molecule has 0 fully saturated rings. The number of benzene rings is 1. The van der Waals surface area contributed by atoms with Crippen LogP contribution in [0.1, 0.15) is 5.56 Å². The van der Waals surface area contributed by atoms with Crippen LogP contribution in [0.3, 0.4) is 0 Å². The minimum absolute atomic E-state index is 0.166. The summed E-state index contributed by atoms with van der Waals surface area (Å²) in [5, 5.41) is 27.7. The van der Waals surface area contributed by atoms with Gasteiger partial charge in [0.2, 0.25) is 0 Å². The Kier molecular flexibility index (Phi) is 3.15. The maximum Gasteiger partial charge on any atom is 0.173 e.